The second-order valence-electron chi connectivity index (χ2n) is 10.1. The van der Waals surface area contributed by atoms with Gasteiger partial charge in [0.05, 0.1) is 35.9 Å². The molecule has 5 aromatic heterocycles. The SMILES string of the molecule is [C-]#[N+]c1[nH]nc2ncc(Oc3cnc4nc(Nc5cc(C(C)(C)C)n(C6CCOC6)n5)n(C)c4c3)cc12. The van der Waals surface area contributed by atoms with Crippen LogP contribution in [0, 0.1) is 6.57 Å². The lowest BCUT2D eigenvalue weighted by Crippen LogP contribution is -2.22. The second kappa shape index (κ2) is 8.56. The van der Waals surface area contributed by atoms with Crippen molar-refractivity contribution in [1.29, 1.82) is 0 Å². The molecule has 6 rings (SSSR count). The summed E-state index contributed by atoms with van der Waals surface area (Å²) in [5.74, 6) is 2.67. The molecule has 1 atom stereocenters. The third-order valence-electron chi connectivity index (χ3n) is 6.42. The van der Waals surface area contributed by atoms with Gasteiger partial charge in [0.25, 0.3) is 5.82 Å². The van der Waals surface area contributed by atoms with E-state index in [1.807, 2.05) is 17.7 Å². The van der Waals surface area contributed by atoms with E-state index in [1.54, 1.807) is 18.5 Å². The van der Waals surface area contributed by atoms with Crippen LogP contribution in [0.2, 0.25) is 0 Å². The van der Waals surface area contributed by atoms with Gasteiger partial charge in [0, 0.05) is 36.9 Å². The highest BCUT2D eigenvalue weighted by atomic mass is 16.5. The third kappa shape index (κ3) is 4.13. The Balaban J connectivity index is 1.29. The van der Waals surface area contributed by atoms with Gasteiger partial charge in [-0.3, -0.25) is 4.68 Å². The molecule has 0 aliphatic carbocycles. The van der Waals surface area contributed by atoms with Gasteiger partial charge in [-0.2, -0.15) is 10.1 Å². The molecular weight excluding hydrogens is 472 g/mol. The fraction of sp³-hybridized carbons (Fsp3) is 0.360. The molecule has 12 nitrogen and oxygen atoms in total. The number of aryl methyl sites for hydroxylation is 1. The molecule has 0 amide bonds. The van der Waals surface area contributed by atoms with Crippen LogP contribution in [0.25, 0.3) is 27.0 Å². The van der Waals surface area contributed by atoms with Crippen molar-refractivity contribution in [3.05, 3.63) is 47.7 Å². The quantitative estimate of drug-likeness (QED) is 0.332. The van der Waals surface area contributed by atoms with Gasteiger partial charge in [0.15, 0.2) is 17.1 Å². The number of hydrogen-bond acceptors (Lipinski definition) is 8. The van der Waals surface area contributed by atoms with Crippen LogP contribution in [0.5, 0.6) is 11.5 Å². The maximum absolute atomic E-state index is 7.27. The Hall–Kier alpha value is -4.50. The van der Waals surface area contributed by atoms with Crippen molar-refractivity contribution >= 4 is 39.8 Å². The molecule has 0 saturated carbocycles. The number of H-pyrrole nitrogens is 1. The fourth-order valence-electron chi connectivity index (χ4n) is 4.49. The largest absolute Gasteiger partial charge is 0.454 e. The number of anilines is 2. The number of rotatable bonds is 5. The first-order valence-corrected chi connectivity index (χ1v) is 12.0. The molecule has 0 bridgehead atoms. The van der Waals surface area contributed by atoms with E-state index >= 15 is 0 Å². The zero-order valence-corrected chi connectivity index (χ0v) is 21.0. The number of hydrogen-bond donors (Lipinski definition) is 2. The number of fused-ring (bicyclic) bond motifs is 2. The Kier molecular flexibility index (Phi) is 5.31. The summed E-state index contributed by atoms with van der Waals surface area (Å²) in [4.78, 5) is 16.8. The van der Waals surface area contributed by atoms with Crippen molar-refractivity contribution in [1.82, 2.24) is 39.5 Å². The second-order valence-corrected chi connectivity index (χ2v) is 10.1. The van der Waals surface area contributed by atoms with Crippen molar-refractivity contribution in [2.75, 3.05) is 18.5 Å². The first-order chi connectivity index (χ1) is 17.8. The molecular formula is C25H26N10O2. The van der Waals surface area contributed by atoms with E-state index in [0.29, 0.717) is 46.6 Å². The summed E-state index contributed by atoms with van der Waals surface area (Å²) in [5.41, 5.74) is 2.91. The lowest BCUT2D eigenvalue weighted by Gasteiger charge is -2.22. The minimum atomic E-state index is -0.0699. The lowest BCUT2D eigenvalue weighted by molar-refractivity contribution is 0.183. The zero-order chi connectivity index (χ0) is 25.7. The Morgan fingerprint density at radius 2 is 1.95 bits per heavy atom. The molecule has 5 aromatic rings. The van der Waals surface area contributed by atoms with E-state index in [9.17, 15) is 0 Å². The van der Waals surface area contributed by atoms with E-state index in [0.717, 1.165) is 30.1 Å². The normalized spacial score (nSPS) is 15.9. The summed E-state index contributed by atoms with van der Waals surface area (Å²) < 4.78 is 15.6. The predicted octanol–water partition coefficient (Wildman–Crippen LogP) is 4.78. The van der Waals surface area contributed by atoms with Gasteiger partial charge in [-0.15, -0.1) is 0 Å². The number of aromatic nitrogens is 8. The van der Waals surface area contributed by atoms with Crippen LogP contribution in [0.3, 0.4) is 0 Å². The molecule has 1 unspecified atom stereocenters. The molecule has 1 aliphatic rings. The van der Waals surface area contributed by atoms with Crippen LogP contribution in [0.1, 0.15) is 38.9 Å². The highest BCUT2D eigenvalue weighted by Gasteiger charge is 2.28. The first-order valence-electron chi connectivity index (χ1n) is 12.0. The van der Waals surface area contributed by atoms with E-state index in [1.165, 1.54) is 0 Å². The summed E-state index contributed by atoms with van der Waals surface area (Å²) in [6.07, 6.45) is 4.13. The van der Waals surface area contributed by atoms with Crippen molar-refractivity contribution in [2.24, 2.45) is 7.05 Å². The van der Waals surface area contributed by atoms with E-state index in [-0.39, 0.29) is 11.5 Å². The molecule has 6 heterocycles. The van der Waals surface area contributed by atoms with Crippen LogP contribution in [0.4, 0.5) is 17.6 Å². The average Bonchev–Trinajstić information content (AvgIpc) is 3.65. The van der Waals surface area contributed by atoms with Crippen molar-refractivity contribution < 1.29 is 9.47 Å². The highest BCUT2D eigenvalue weighted by molar-refractivity contribution is 5.88. The number of imidazole rings is 1. The molecule has 1 saturated heterocycles. The highest BCUT2D eigenvalue weighted by Crippen LogP contribution is 2.33. The summed E-state index contributed by atoms with van der Waals surface area (Å²) >= 11 is 0. The molecule has 1 fully saturated rings. The molecule has 188 valence electrons. The number of nitrogens with zero attached hydrogens (tertiary/aromatic N) is 8. The lowest BCUT2D eigenvalue weighted by atomic mass is 9.91. The van der Waals surface area contributed by atoms with Crippen molar-refractivity contribution in [2.45, 2.75) is 38.6 Å². The minimum absolute atomic E-state index is 0.0699. The maximum Gasteiger partial charge on any atom is 0.259 e. The molecule has 2 N–H and O–H groups in total. The summed E-state index contributed by atoms with van der Waals surface area (Å²) in [7, 11) is 1.91. The van der Waals surface area contributed by atoms with Crippen molar-refractivity contribution in [3.63, 3.8) is 0 Å². The first kappa shape index (κ1) is 22.9. The van der Waals surface area contributed by atoms with Gasteiger partial charge in [-0.1, -0.05) is 32.4 Å². The van der Waals surface area contributed by atoms with Gasteiger partial charge in [-0.25, -0.2) is 15.1 Å². The Bertz CT molecular complexity index is 1660. The van der Waals surface area contributed by atoms with E-state index in [4.69, 9.17) is 21.1 Å². The third-order valence-corrected chi connectivity index (χ3v) is 6.42. The maximum atomic E-state index is 7.27. The number of ether oxygens (including phenoxy) is 2. The summed E-state index contributed by atoms with van der Waals surface area (Å²) in [6.45, 7) is 15.2. The molecule has 0 radical (unpaired) electrons. The standard InChI is InChI=1S/C25H26N10O2/c1-25(2,3)19-10-20(33-35(19)14-6-7-36-13-14)29-24-30-23-18(34(24)5)9-16(12-28-23)37-15-8-17-21(26-4)31-32-22(17)27-11-15/h8-12,14H,6-7,13H2,1-3,5H3,(H,27,31,32)(H,28,29,30,33). The monoisotopic (exact) mass is 498 g/mol. The molecule has 0 spiro atoms. The minimum Gasteiger partial charge on any atom is -0.454 e. The molecule has 1 aliphatic heterocycles. The Morgan fingerprint density at radius 1 is 1.16 bits per heavy atom. The molecule has 12 heteroatoms. The number of aromatic amines is 1. The number of pyridine rings is 2. The van der Waals surface area contributed by atoms with Crippen LogP contribution < -0.4 is 10.1 Å². The van der Waals surface area contributed by atoms with E-state index in [2.05, 4.69) is 66.8 Å². The average molecular weight is 499 g/mol. The predicted molar refractivity (Wildman–Crippen MR) is 137 cm³/mol. The van der Waals surface area contributed by atoms with Gasteiger partial charge in [0.1, 0.15) is 11.5 Å². The zero-order valence-electron chi connectivity index (χ0n) is 21.0. The van der Waals surface area contributed by atoms with Gasteiger partial charge >= 0.3 is 0 Å². The van der Waals surface area contributed by atoms with Crippen molar-refractivity contribution in [3.8, 4) is 11.5 Å². The smallest absolute Gasteiger partial charge is 0.259 e. The van der Waals surface area contributed by atoms with Gasteiger partial charge < -0.3 is 24.2 Å². The number of nitrogens with one attached hydrogen (secondary N) is 2. The Morgan fingerprint density at radius 3 is 2.68 bits per heavy atom. The fourth-order valence-corrected chi connectivity index (χ4v) is 4.49. The summed E-state index contributed by atoms with van der Waals surface area (Å²) in [5, 5.41) is 15.5. The Labute approximate surface area is 212 Å². The topological polar surface area (TPSA) is 125 Å². The summed E-state index contributed by atoms with van der Waals surface area (Å²) in [6, 6.07) is 5.91. The van der Waals surface area contributed by atoms with Crippen LogP contribution >= 0.6 is 0 Å². The molecule has 0 aromatic carbocycles. The van der Waals surface area contributed by atoms with Crippen LogP contribution in [-0.4, -0.2) is 52.7 Å². The molecule has 37 heavy (non-hydrogen) atoms. The van der Waals surface area contributed by atoms with Gasteiger partial charge in [-0.05, 0) is 12.5 Å². The van der Waals surface area contributed by atoms with Crippen LogP contribution in [-0.2, 0) is 17.2 Å². The van der Waals surface area contributed by atoms with Gasteiger partial charge in [0.2, 0.25) is 5.95 Å². The van der Waals surface area contributed by atoms with E-state index < -0.39 is 0 Å². The van der Waals surface area contributed by atoms with Crippen LogP contribution in [0.15, 0.2) is 30.6 Å².